The van der Waals surface area contributed by atoms with Crippen LogP contribution in [0.3, 0.4) is 0 Å². The molecule has 0 bridgehead atoms. The minimum Gasteiger partial charge on any atom is -0.326 e. The number of hydrogen-bond acceptors (Lipinski definition) is 3. The molecule has 0 saturated heterocycles. The van der Waals surface area contributed by atoms with Crippen LogP contribution in [0, 0.1) is 6.92 Å². The number of rotatable bonds is 5. The fourth-order valence-electron chi connectivity index (χ4n) is 2.37. The molecular formula is C19H20ClN3O3. The van der Waals surface area contributed by atoms with Gasteiger partial charge in [-0.25, -0.2) is 0 Å². The van der Waals surface area contributed by atoms with Crippen molar-refractivity contribution in [2.75, 3.05) is 22.1 Å². The van der Waals surface area contributed by atoms with Gasteiger partial charge in [0.15, 0.2) is 0 Å². The summed E-state index contributed by atoms with van der Waals surface area (Å²) >= 11 is 5.96. The second kappa shape index (κ2) is 8.49. The van der Waals surface area contributed by atoms with Crippen molar-refractivity contribution >= 4 is 46.4 Å². The normalized spacial score (nSPS) is 10.2. The maximum absolute atomic E-state index is 12.4. The Hall–Kier alpha value is -2.86. The highest BCUT2D eigenvalue weighted by Gasteiger charge is 2.16. The summed E-state index contributed by atoms with van der Waals surface area (Å²) in [5, 5.41) is 5.94. The van der Waals surface area contributed by atoms with Gasteiger partial charge < -0.3 is 15.5 Å². The van der Waals surface area contributed by atoms with E-state index in [0.717, 1.165) is 5.56 Å². The van der Waals surface area contributed by atoms with Crippen LogP contribution in [0.2, 0.25) is 5.02 Å². The van der Waals surface area contributed by atoms with E-state index in [1.54, 1.807) is 42.5 Å². The molecule has 0 aliphatic carbocycles. The van der Waals surface area contributed by atoms with Gasteiger partial charge in [0.2, 0.25) is 17.7 Å². The Morgan fingerprint density at radius 2 is 1.65 bits per heavy atom. The smallest absolute Gasteiger partial charge is 0.244 e. The minimum atomic E-state index is -0.337. The zero-order valence-electron chi connectivity index (χ0n) is 14.8. The average molecular weight is 374 g/mol. The molecule has 2 aromatic carbocycles. The lowest BCUT2D eigenvalue weighted by Crippen LogP contribution is -2.36. The lowest BCUT2D eigenvalue weighted by molar-refractivity contribution is -0.120. The molecule has 0 aromatic heterocycles. The van der Waals surface area contributed by atoms with E-state index in [1.165, 1.54) is 18.7 Å². The van der Waals surface area contributed by atoms with Crippen molar-refractivity contribution < 1.29 is 14.4 Å². The molecule has 0 aliphatic heterocycles. The molecule has 0 radical (unpaired) electrons. The van der Waals surface area contributed by atoms with Gasteiger partial charge in [-0.2, -0.15) is 0 Å². The number of halogens is 1. The van der Waals surface area contributed by atoms with Crippen molar-refractivity contribution in [1.82, 2.24) is 0 Å². The Bertz CT molecular complexity index is 834. The SMILES string of the molecule is CC(=O)Nc1ccc(N(CC(=O)Nc2cc(Cl)ccc2C)C(C)=O)cc1. The molecule has 6 nitrogen and oxygen atoms in total. The number of aryl methyl sites for hydroxylation is 1. The molecular weight excluding hydrogens is 354 g/mol. The van der Waals surface area contributed by atoms with Gasteiger partial charge in [0, 0.05) is 35.9 Å². The third-order valence-electron chi connectivity index (χ3n) is 3.65. The number of benzene rings is 2. The lowest BCUT2D eigenvalue weighted by Gasteiger charge is -2.21. The Balaban J connectivity index is 2.12. The van der Waals surface area contributed by atoms with E-state index in [0.29, 0.717) is 22.1 Å². The van der Waals surface area contributed by atoms with E-state index in [2.05, 4.69) is 10.6 Å². The fraction of sp³-hybridized carbons (Fsp3) is 0.211. The summed E-state index contributed by atoms with van der Waals surface area (Å²) in [5.74, 6) is -0.788. The van der Waals surface area contributed by atoms with Crippen molar-refractivity contribution in [3.63, 3.8) is 0 Å². The predicted octanol–water partition coefficient (Wildman–Crippen LogP) is 3.60. The fourth-order valence-corrected chi connectivity index (χ4v) is 2.55. The van der Waals surface area contributed by atoms with E-state index >= 15 is 0 Å². The zero-order valence-corrected chi connectivity index (χ0v) is 15.6. The van der Waals surface area contributed by atoms with Gasteiger partial charge in [-0.1, -0.05) is 17.7 Å². The highest BCUT2D eigenvalue weighted by molar-refractivity contribution is 6.31. The third-order valence-corrected chi connectivity index (χ3v) is 3.89. The third kappa shape index (κ3) is 5.32. The van der Waals surface area contributed by atoms with Crippen LogP contribution in [-0.4, -0.2) is 24.3 Å². The van der Waals surface area contributed by atoms with Crippen LogP contribution < -0.4 is 15.5 Å². The van der Waals surface area contributed by atoms with Gasteiger partial charge in [-0.05, 0) is 48.9 Å². The van der Waals surface area contributed by atoms with Crippen LogP contribution >= 0.6 is 11.6 Å². The van der Waals surface area contributed by atoms with Gasteiger partial charge in [0.05, 0.1) is 0 Å². The van der Waals surface area contributed by atoms with Crippen LogP contribution in [0.15, 0.2) is 42.5 Å². The van der Waals surface area contributed by atoms with E-state index in [1.807, 2.05) is 6.92 Å². The van der Waals surface area contributed by atoms with E-state index in [9.17, 15) is 14.4 Å². The molecule has 0 atom stereocenters. The van der Waals surface area contributed by atoms with Crippen molar-refractivity contribution in [1.29, 1.82) is 0 Å². The second-order valence-corrected chi connectivity index (χ2v) is 6.28. The topological polar surface area (TPSA) is 78.5 Å². The van der Waals surface area contributed by atoms with E-state index in [-0.39, 0.29) is 24.3 Å². The number of carbonyl (C=O) groups is 3. The maximum atomic E-state index is 12.4. The van der Waals surface area contributed by atoms with Gasteiger partial charge in [-0.15, -0.1) is 0 Å². The molecule has 0 heterocycles. The summed E-state index contributed by atoms with van der Waals surface area (Å²) in [7, 11) is 0. The number of hydrogen-bond donors (Lipinski definition) is 2. The van der Waals surface area contributed by atoms with Crippen LogP contribution in [-0.2, 0) is 14.4 Å². The Morgan fingerprint density at radius 3 is 2.23 bits per heavy atom. The Labute approximate surface area is 157 Å². The molecule has 0 saturated carbocycles. The van der Waals surface area contributed by atoms with Gasteiger partial charge in [0.1, 0.15) is 6.54 Å². The summed E-state index contributed by atoms with van der Waals surface area (Å²) in [4.78, 5) is 36.8. The molecule has 3 amide bonds. The molecule has 2 N–H and O–H groups in total. The van der Waals surface area contributed by atoms with E-state index < -0.39 is 0 Å². The molecule has 0 spiro atoms. The Morgan fingerprint density at radius 1 is 1.00 bits per heavy atom. The Kier molecular flexibility index (Phi) is 6.36. The molecule has 0 aliphatic rings. The summed E-state index contributed by atoms with van der Waals surface area (Å²) in [6.45, 7) is 4.52. The van der Waals surface area contributed by atoms with Crippen LogP contribution in [0.1, 0.15) is 19.4 Å². The first-order valence-electron chi connectivity index (χ1n) is 7.98. The van der Waals surface area contributed by atoms with Gasteiger partial charge in [0.25, 0.3) is 0 Å². The van der Waals surface area contributed by atoms with Gasteiger partial charge in [-0.3, -0.25) is 14.4 Å². The number of nitrogens with zero attached hydrogens (tertiary/aromatic N) is 1. The highest BCUT2D eigenvalue weighted by Crippen LogP contribution is 2.21. The zero-order chi connectivity index (χ0) is 19.3. The second-order valence-electron chi connectivity index (χ2n) is 5.84. The number of nitrogens with one attached hydrogen (secondary N) is 2. The molecule has 0 unspecified atom stereocenters. The summed E-state index contributed by atoms with van der Waals surface area (Å²) < 4.78 is 0. The van der Waals surface area contributed by atoms with Gasteiger partial charge >= 0.3 is 0 Å². The lowest BCUT2D eigenvalue weighted by atomic mass is 10.2. The summed E-state index contributed by atoms with van der Waals surface area (Å²) in [6, 6.07) is 11.9. The first-order chi connectivity index (χ1) is 12.3. The van der Waals surface area contributed by atoms with Crippen molar-refractivity contribution in [3.05, 3.63) is 53.1 Å². The molecule has 7 heteroatoms. The monoisotopic (exact) mass is 373 g/mol. The number of amides is 3. The molecule has 2 aromatic rings. The standard InChI is InChI=1S/C19H20ClN3O3/c1-12-4-5-15(20)10-18(12)22-19(26)11-23(14(3)25)17-8-6-16(7-9-17)21-13(2)24/h4-10H,11H2,1-3H3,(H,21,24)(H,22,26). The maximum Gasteiger partial charge on any atom is 0.244 e. The van der Waals surface area contributed by atoms with Crippen LogP contribution in [0.25, 0.3) is 0 Å². The summed E-state index contributed by atoms with van der Waals surface area (Å²) in [6.07, 6.45) is 0. The van der Waals surface area contributed by atoms with Crippen LogP contribution in [0.4, 0.5) is 17.1 Å². The van der Waals surface area contributed by atoms with E-state index in [4.69, 9.17) is 11.6 Å². The predicted molar refractivity (Wildman–Crippen MR) is 104 cm³/mol. The molecule has 0 fully saturated rings. The minimum absolute atomic E-state index is 0.138. The molecule has 26 heavy (non-hydrogen) atoms. The summed E-state index contributed by atoms with van der Waals surface area (Å²) in [5.41, 5.74) is 2.65. The van der Waals surface area contributed by atoms with Crippen molar-refractivity contribution in [2.45, 2.75) is 20.8 Å². The molecule has 136 valence electrons. The average Bonchev–Trinajstić information content (AvgIpc) is 2.56. The largest absolute Gasteiger partial charge is 0.326 e. The van der Waals surface area contributed by atoms with Crippen molar-refractivity contribution in [3.8, 4) is 0 Å². The quantitative estimate of drug-likeness (QED) is 0.840. The van der Waals surface area contributed by atoms with Crippen LogP contribution in [0.5, 0.6) is 0 Å². The number of anilines is 3. The first kappa shape index (κ1) is 19.5. The highest BCUT2D eigenvalue weighted by atomic mass is 35.5. The first-order valence-corrected chi connectivity index (χ1v) is 8.36. The molecule has 2 rings (SSSR count). The van der Waals surface area contributed by atoms with Crippen molar-refractivity contribution in [2.24, 2.45) is 0 Å². The number of carbonyl (C=O) groups excluding carboxylic acids is 3.